The second-order valence-electron chi connectivity index (χ2n) is 4.96. The van der Waals surface area contributed by atoms with E-state index in [0.29, 0.717) is 13.2 Å². The number of morpholine rings is 1. The molecule has 1 aromatic heterocycles. The summed E-state index contributed by atoms with van der Waals surface area (Å²) in [7, 11) is 3.53. The molecule has 1 amide bonds. The molecule has 1 saturated heterocycles. The summed E-state index contributed by atoms with van der Waals surface area (Å²) in [5.74, 6) is 0.0245. The summed E-state index contributed by atoms with van der Waals surface area (Å²) in [6, 6.07) is 0. The monoisotopic (exact) mass is 269 g/mol. The molecular weight excluding hydrogens is 250 g/mol. The molecule has 0 aromatic carbocycles. The molecule has 0 aliphatic carbocycles. The number of hydrogen-bond donors (Lipinski definition) is 0. The number of rotatable bonds is 3. The van der Waals surface area contributed by atoms with Crippen molar-refractivity contribution in [2.75, 3.05) is 33.8 Å². The number of carbonyl (C=O) groups is 1. The van der Waals surface area contributed by atoms with Gasteiger partial charge in [-0.1, -0.05) is 0 Å². The molecule has 1 fully saturated rings. The Morgan fingerprint density at radius 3 is 3.06 bits per heavy atom. The van der Waals surface area contributed by atoms with E-state index in [4.69, 9.17) is 4.74 Å². The Morgan fingerprint density at radius 2 is 2.44 bits per heavy atom. The van der Waals surface area contributed by atoms with Crippen molar-refractivity contribution in [1.82, 2.24) is 14.8 Å². The molecule has 6 heteroatoms. The summed E-state index contributed by atoms with van der Waals surface area (Å²) in [6.07, 6.45) is 1.88. The van der Waals surface area contributed by atoms with Gasteiger partial charge in [0.05, 0.1) is 12.1 Å². The Labute approximate surface area is 111 Å². The van der Waals surface area contributed by atoms with Crippen molar-refractivity contribution in [1.29, 1.82) is 0 Å². The van der Waals surface area contributed by atoms with E-state index >= 15 is 0 Å². The third-order valence-corrected chi connectivity index (χ3v) is 3.84. The number of aromatic nitrogens is 1. The first-order chi connectivity index (χ1) is 8.51. The van der Waals surface area contributed by atoms with Crippen molar-refractivity contribution < 1.29 is 9.53 Å². The van der Waals surface area contributed by atoms with E-state index < -0.39 is 5.60 Å². The number of amides is 1. The predicted octanol–water partition coefficient (Wildman–Crippen LogP) is 0.822. The van der Waals surface area contributed by atoms with Gasteiger partial charge in [-0.25, -0.2) is 0 Å². The van der Waals surface area contributed by atoms with Crippen molar-refractivity contribution in [2.45, 2.75) is 19.1 Å². The molecule has 0 bridgehead atoms. The second kappa shape index (κ2) is 5.34. The summed E-state index contributed by atoms with van der Waals surface area (Å²) >= 11 is 1.64. The van der Waals surface area contributed by atoms with Gasteiger partial charge in [0, 0.05) is 44.8 Å². The van der Waals surface area contributed by atoms with Crippen LogP contribution in [-0.2, 0) is 16.1 Å². The average Bonchev–Trinajstić information content (AvgIpc) is 2.80. The van der Waals surface area contributed by atoms with Crippen LogP contribution in [0.3, 0.4) is 0 Å². The summed E-state index contributed by atoms with van der Waals surface area (Å²) < 4.78 is 5.69. The zero-order valence-electron chi connectivity index (χ0n) is 11.0. The van der Waals surface area contributed by atoms with Gasteiger partial charge in [-0.3, -0.25) is 14.7 Å². The van der Waals surface area contributed by atoms with Crippen molar-refractivity contribution in [3.8, 4) is 0 Å². The smallest absolute Gasteiger partial charge is 0.255 e. The van der Waals surface area contributed by atoms with Crippen LogP contribution < -0.4 is 0 Å². The number of carbonyl (C=O) groups excluding carboxylic acids is 1. The molecule has 1 aromatic rings. The summed E-state index contributed by atoms with van der Waals surface area (Å²) in [6.45, 7) is 4.78. The minimum Gasteiger partial charge on any atom is -0.363 e. The SMILES string of the molecule is CN(C)C(=O)C1(C)CN(Cc2cncs2)CCO1. The average molecular weight is 269 g/mol. The van der Waals surface area contributed by atoms with Gasteiger partial charge in [0.25, 0.3) is 5.91 Å². The first-order valence-corrected chi connectivity index (χ1v) is 6.85. The fourth-order valence-corrected chi connectivity index (χ4v) is 2.87. The normalized spacial score (nSPS) is 25.1. The molecule has 1 aliphatic heterocycles. The van der Waals surface area contributed by atoms with Gasteiger partial charge in [0.15, 0.2) is 5.60 Å². The van der Waals surface area contributed by atoms with Crippen LogP contribution in [0.4, 0.5) is 0 Å². The van der Waals surface area contributed by atoms with Crippen molar-refractivity contribution >= 4 is 17.2 Å². The molecule has 0 spiro atoms. The largest absolute Gasteiger partial charge is 0.363 e. The van der Waals surface area contributed by atoms with E-state index in [1.54, 1.807) is 30.3 Å². The van der Waals surface area contributed by atoms with Crippen LogP contribution in [0, 0.1) is 0 Å². The molecule has 1 aliphatic rings. The van der Waals surface area contributed by atoms with Crippen molar-refractivity contribution in [3.05, 3.63) is 16.6 Å². The first-order valence-electron chi connectivity index (χ1n) is 5.97. The van der Waals surface area contributed by atoms with Gasteiger partial charge in [-0.15, -0.1) is 11.3 Å². The quantitative estimate of drug-likeness (QED) is 0.815. The van der Waals surface area contributed by atoms with Crippen LogP contribution in [0.1, 0.15) is 11.8 Å². The molecule has 1 unspecified atom stereocenters. The minimum absolute atomic E-state index is 0.0245. The topological polar surface area (TPSA) is 45.7 Å². The summed E-state index contributed by atoms with van der Waals surface area (Å²) in [5.41, 5.74) is 1.10. The number of hydrogen-bond acceptors (Lipinski definition) is 5. The lowest BCUT2D eigenvalue weighted by Crippen LogP contribution is -2.57. The Morgan fingerprint density at radius 1 is 1.67 bits per heavy atom. The summed E-state index contributed by atoms with van der Waals surface area (Å²) in [5, 5.41) is 0. The zero-order chi connectivity index (χ0) is 13.2. The molecule has 1 atom stereocenters. The van der Waals surface area contributed by atoms with Crippen LogP contribution in [-0.4, -0.2) is 60.1 Å². The molecule has 0 saturated carbocycles. The van der Waals surface area contributed by atoms with Gasteiger partial charge in [-0.05, 0) is 6.92 Å². The van der Waals surface area contributed by atoms with E-state index in [2.05, 4.69) is 9.88 Å². The molecule has 2 rings (SSSR count). The Balaban J connectivity index is 2.01. The van der Waals surface area contributed by atoms with Crippen molar-refractivity contribution in [2.24, 2.45) is 0 Å². The Bertz CT molecular complexity index is 407. The second-order valence-corrected chi connectivity index (χ2v) is 5.93. The highest BCUT2D eigenvalue weighted by Crippen LogP contribution is 2.22. The van der Waals surface area contributed by atoms with E-state index in [1.165, 1.54) is 4.88 Å². The van der Waals surface area contributed by atoms with Gasteiger partial charge in [0.2, 0.25) is 0 Å². The van der Waals surface area contributed by atoms with E-state index in [0.717, 1.165) is 13.1 Å². The minimum atomic E-state index is -0.730. The maximum Gasteiger partial charge on any atom is 0.255 e. The maximum absolute atomic E-state index is 12.1. The lowest BCUT2D eigenvalue weighted by atomic mass is 10.0. The van der Waals surface area contributed by atoms with Crippen LogP contribution in [0.25, 0.3) is 0 Å². The molecule has 0 N–H and O–H groups in total. The number of likely N-dealkylation sites (N-methyl/N-ethyl adjacent to an activating group) is 1. The molecular formula is C12H19N3O2S. The highest BCUT2D eigenvalue weighted by atomic mass is 32.1. The number of ether oxygens (including phenoxy) is 1. The van der Waals surface area contributed by atoms with Crippen LogP contribution in [0.15, 0.2) is 11.7 Å². The summed E-state index contributed by atoms with van der Waals surface area (Å²) in [4.78, 5) is 21.3. The van der Waals surface area contributed by atoms with Gasteiger partial charge < -0.3 is 9.64 Å². The highest BCUT2D eigenvalue weighted by molar-refractivity contribution is 7.09. The predicted molar refractivity (Wildman–Crippen MR) is 70.4 cm³/mol. The van der Waals surface area contributed by atoms with E-state index in [-0.39, 0.29) is 5.91 Å². The van der Waals surface area contributed by atoms with Crippen LogP contribution in [0.2, 0.25) is 0 Å². The van der Waals surface area contributed by atoms with Gasteiger partial charge in [0.1, 0.15) is 0 Å². The third kappa shape index (κ3) is 2.88. The van der Waals surface area contributed by atoms with Crippen molar-refractivity contribution in [3.63, 3.8) is 0 Å². The fraction of sp³-hybridized carbons (Fsp3) is 0.667. The molecule has 0 radical (unpaired) electrons. The number of thiazole rings is 1. The van der Waals surface area contributed by atoms with Crippen LogP contribution >= 0.6 is 11.3 Å². The van der Waals surface area contributed by atoms with Gasteiger partial charge in [-0.2, -0.15) is 0 Å². The molecule has 18 heavy (non-hydrogen) atoms. The van der Waals surface area contributed by atoms with E-state index in [1.807, 2.05) is 18.6 Å². The standard InChI is InChI=1S/C12H19N3O2S/c1-12(11(16)14(2)3)8-15(4-5-17-12)7-10-6-13-9-18-10/h6,9H,4-5,7-8H2,1-3H3. The molecule has 100 valence electrons. The van der Waals surface area contributed by atoms with Crippen LogP contribution in [0.5, 0.6) is 0 Å². The lowest BCUT2D eigenvalue weighted by Gasteiger charge is -2.40. The van der Waals surface area contributed by atoms with Gasteiger partial charge >= 0.3 is 0 Å². The first kappa shape index (κ1) is 13.5. The Hall–Kier alpha value is -0.980. The fourth-order valence-electron chi connectivity index (χ4n) is 2.23. The zero-order valence-corrected chi connectivity index (χ0v) is 11.9. The lowest BCUT2D eigenvalue weighted by molar-refractivity contribution is -0.165. The number of nitrogens with zero attached hydrogens (tertiary/aromatic N) is 3. The maximum atomic E-state index is 12.1. The molecule has 5 nitrogen and oxygen atoms in total. The van der Waals surface area contributed by atoms with E-state index in [9.17, 15) is 4.79 Å². The Kier molecular flexibility index (Phi) is 3.99. The highest BCUT2D eigenvalue weighted by Gasteiger charge is 2.40. The molecule has 2 heterocycles. The third-order valence-electron chi connectivity index (χ3n) is 3.07.